The van der Waals surface area contributed by atoms with E-state index in [1.165, 1.54) is 36.7 Å². The van der Waals surface area contributed by atoms with Crippen LogP contribution in [0, 0.1) is 11.8 Å². The van der Waals surface area contributed by atoms with E-state index in [0.717, 1.165) is 37.9 Å². The van der Waals surface area contributed by atoms with Crippen molar-refractivity contribution in [2.24, 2.45) is 11.8 Å². The van der Waals surface area contributed by atoms with Gasteiger partial charge >= 0.3 is 30.8 Å². The molecule has 0 bridgehead atoms. The maximum absolute atomic E-state index is 12.3. The molecular weight excluding hydrogens is 615 g/mol. The number of esters is 1. The molecule has 2 aromatic carbocycles. The molecule has 2 N–H and O–H groups in total. The second-order valence-electron chi connectivity index (χ2n) is 9.94. The Bertz CT molecular complexity index is 1560. The number of hydrogen-bond acceptors (Lipinski definition) is 11. The van der Waals surface area contributed by atoms with E-state index in [1.54, 1.807) is 34.3 Å². The van der Waals surface area contributed by atoms with Gasteiger partial charge in [0.15, 0.2) is 23.1 Å². The third kappa shape index (κ3) is 9.79. The van der Waals surface area contributed by atoms with E-state index in [-0.39, 0.29) is 54.7 Å². The second-order valence-corrected chi connectivity index (χ2v) is 12.1. The van der Waals surface area contributed by atoms with Crippen LogP contribution in [-0.4, -0.2) is 62.5 Å². The Kier molecular flexibility index (Phi) is 15.8. The van der Waals surface area contributed by atoms with Crippen molar-refractivity contribution in [1.82, 2.24) is 0 Å². The maximum atomic E-state index is 12.3. The summed E-state index contributed by atoms with van der Waals surface area (Å²) in [5.74, 6) is -0.590. The predicted octanol–water partition coefficient (Wildman–Crippen LogP) is 3.89. The summed E-state index contributed by atoms with van der Waals surface area (Å²) >= 11 is 2.79. The first-order chi connectivity index (χ1) is 20.4. The molecule has 0 aliphatic heterocycles. The Morgan fingerprint density at radius 1 is 0.711 bits per heavy atom. The molecule has 0 radical (unpaired) electrons. The predicted molar refractivity (Wildman–Crippen MR) is 170 cm³/mol. The number of rotatable bonds is 12. The van der Waals surface area contributed by atoms with Gasteiger partial charge in [0.05, 0.1) is 50.0 Å². The number of fused-ring (bicyclic) bond motifs is 2. The quantitative estimate of drug-likeness (QED) is 0.135. The van der Waals surface area contributed by atoms with Crippen LogP contribution in [0.3, 0.4) is 0 Å². The first-order valence-electron chi connectivity index (χ1n) is 13.6. The molecule has 0 saturated carbocycles. The molecule has 0 fully saturated rings. The fraction of sp³-hybridized carbons (Fsp3) is 0.375. The van der Waals surface area contributed by atoms with Crippen LogP contribution in [0.25, 0.3) is 20.2 Å². The monoisotopic (exact) mass is 652 g/mol. The maximum Gasteiger partial charge on any atom is 1.00 e. The van der Waals surface area contributed by atoms with Crippen molar-refractivity contribution >= 4 is 66.4 Å². The molecule has 2 aromatic heterocycles. The van der Waals surface area contributed by atoms with Gasteiger partial charge in [0.2, 0.25) is 0 Å². The summed E-state index contributed by atoms with van der Waals surface area (Å²) in [6, 6.07) is 11.3. The number of methoxy groups -OCH3 is 4. The average Bonchev–Trinajstić information content (AvgIpc) is 3.62. The molecule has 0 spiro atoms. The van der Waals surface area contributed by atoms with Crippen LogP contribution in [0.15, 0.2) is 36.4 Å². The average molecular weight is 653 g/mol. The zero-order chi connectivity index (χ0) is 31.8. The molecule has 4 rings (SSSR count). The van der Waals surface area contributed by atoms with E-state index in [9.17, 15) is 19.2 Å². The number of ketones is 2. The normalized spacial score (nSPS) is 11.6. The summed E-state index contributed by atoms with van der Waals surface area (Å²) in [4.78, 5) is 47.9. The number of ether oxygens (including phenoxy) is 4. The summed E-state index contributed by atoms with van der Waals surface area (Å²) in [6.45, 7) is 5.30. The molecule has 13 heteroatoms. The van der Waals surface area contributed by atoms with Crippen LogP contribution >= 0.6 is 22.7 Å². The fourth-order valence-electron chi connectivity index (χ4n) is 4.34. The van der Waals surface area contributed by atoms with Gasteiger partial charge in [-0.05, 0) is 53.1 Å². The van der Waals surface area contributed by atoms with Crippen LogP contribution in [0.4, 0.5) is 0 Å². The number of carbonyl (C=O) groups is 4. The fourth-order valence-corrected chi connectivity index (χ4v) is 6.42. The number of carboxylic acid groups (broad SMARTS) is 1. The topological polar surface area (TPSA) is 155 Å². The van der Waals surface area contributed by atoms with E-state index in [4.69, 9.17) is 19.3 Å². The Morgan fingerprint density at radius 3 is 1.60 bits per heavy atom. The largest absolute Gasteiger partial charge is 1.00 e. The van der Waals surface area contributed by atoms with Gasteiger partial charge < -0.3 is 29.5 Å². The Labute approximate surface area is 282 Å². The van der Waals surface area contributed by atoms with E-state index in [0.29, 0.717) is 21.3 Å². The van der Waals surface area contributed by atoms with Crippen molar-refractivity contribution in [2.75, 3.05) is 28.4 Å². The molecule has 45 heavy (non-hydrogen) atoms. The Balaban J connectivity index is 0.000000431. The summed E-state index contributed by atoms with van der Waals surface area (Å²) in [6.07, 6.45) is 1.04. The molecule has 0 saturated heterocycles. The zero-order valence-corrected chi connectivity index (χ0v) is 28.4. The number of aliphatic carboxylic acids is 1. The minimum Gasteiger partial charge on any atom is -0.870 e. The number of benzene rings is 2. The third-order valence-electron chi connectivity index (χ3n) is 6.88. The molecule has 238 valence electrons. The first-order valence-corrected chi connectivity index (χ1v) is 15.2. The van der Waals surface area contributed by atoms with Crippen LogP contribution in [-0.2, 0) is 20.7 Å². The van der Waals surface area contributed by atoms with E-state index in [2.05, 4.69) is 17.7 Å². The van der Waals surface area contributed by atoms with Gasteiger partial charge in [-0.2, -0.15) is 0 Å². The standard InChI is InChI=1S/C17H20O4S.C15H16O5S.Li.H2O/c1-5-11-8-15-12(7-14(11)20-3)9-16(22-15)13(18)6-10(2)17(19)21-4;1-8(15(17)18)4-10(16)14-6-9-5-11(19-2)12(20-3)7-13(9)21-14;;/h7-10H,5-6H2,1-4H3;5-8H,4H2,1-3H3,(H,17,18);;1H2/q;;+1;/p-1/t10-;8-;;/m00../s1. The smallest absolute Gasteiger partial charge is 0.870 e. The first kappa shape index (κ1) is 39.6. The number of Topliss-reactive ketones (excluding diaryl/α,β-unsaturated/α-hetero) is 2. The summed E-state index contributed by atoms with van der Waals surface area (Å²) in [5.41, 5.74) is 1.12. The SMILES string of the molecule is CCc1cc2sc(C(=O)C[C@H](C)C(=O)OC)cc2cc1OC.COc1cc2cc(C(=O)C[C@H](C)C(=O)O)sc2cc1OC.[Li+].[OH-]. The van der Waals surface area contributed by atoms with Crippen molar-refractivity contribution in [3.05, 3.63) is 51.7 Å². The van der Waals surface area contributed by atoms with Gasteiger partial charge in [0, 0.05) is 28.3 Å². The van der Waals surface area contributed by atoms with Crippen molar-refractivity contribution in [3.63, 3.8) is 0 Å². The minimum atomic E-state index is -0.965. The number of hydrogen-bond donors (Lipinski definition) is 1. The molecule has 4 aromatic rings. The van der Waals surface area contributed by atoms with Crippen LogP contribution in [0.2, 0.25) is 0 Å². The van der Waals surface area contributed by atoms with Gasteiger partial charge in [0.25, 0.3) is 0 Å². The van der Waals surface area contributed by atoms with Gasteiger partial charge in [-0.3, -0.25) is 19.2 Å². The van der Waals surface area contributed by atoms with Gasteiger partial charge in [-0.15, -0.1) is 22.7 Å². The number of carbonyl (C=O) groups excluding carboxylic acids is 3. The zero-order valence-electron chi connectivity index (χ0n) is 26.7. The number of carboxylic acids is 1. The molecule has 0 amide bonds. The molecule has 0 aliphatic carbocycles. The molecule has 0 aliphatic rings. The number of thiophene rings is 2. The van der Waals surface area contributed by atoms with Gasteiger partial charge in [-0.1, -0.05) is 20.8 Å². The summed E-state index contributed by atoms with van der Waals surface area (Å²) < 4.78 is 22.5. The van der Waals surface area contributed by atoms with Crippen LogP contribution in [0.5, 0.6) is 17.2 Å². The Hall–Kier alpha value is -3.40. The van der Waals surface area contributed by atoms with Crippen molar-refractivity contribution in [2.45, 2.75) is 40.0 Å². The van der Waals surface area contributed by atoms with Gasteiger partial charge in [-0.25, -0.2) is 0 Å². The molecular formula is C32H37LiO10S2. The van der Waals surface area contributed by atoms with Crippen LogP contribution < -0.4 is 33.1 Å². The van der Waals surface area contributed by atoms with E-state index >= 15 is 0 Å². The Morgan fingerprint density at radius 2 is 1.16 bits per heavy atom. The minimum absolute atomic E-state index is 0. The molecule has 2 atom stereocenters. The van der Waals surface area contributed by atoms with E-state index < -0.39 is 17.8 Å². The molecule has 0 unspecified atom stereocenters. The summed E-state index contributed by atoms with van der Waals surface area (Å²) in [5, 5.41) is 10.7. The molecule has 10 nitrogen and oxygen atoms in total. The van der Waals surface area contributed by atoms with E-state index in [1.807, 2.05) is 24.3 Å². The van der Waals surface area contributed by atoms with Crippen LogP contribution in [0.1, 0.15) is 58.5 Å². The van der Waals surface area contributed by atoms with Crippen molar-refractivity contribution in [3.8, 4) is 17.2 Å². The van der Waals surface area contributed by atoms with Gasteiger partial charge in [0.1, 0.15) is 5.75 Å². The second kappa shape index (κ2) is 17.9. The number of aryl methyl sites for hydroxylation is 1. The van der Waals surface area contributed by atoms with Crippen molar-refractivity contribution in [1.29, 1.82) is 0 Å². The van der Waals surface area contributed by atoms with Crippen molar-refractivity contribution < 1.29 is 67.6 Å². The third-order valence-corrected chi connectivity index (χ3v) is 9.16. The molecule has 2 heterocycles. The summed E-state index contributed by atoms with van der Waals surface area (Å²) in [7, 11) is 6.09.